The summed E-state index contributed by atoms with van der Waals surface area (Å²) in [6.07, 6.45) is 0.485. The van der Waals surface area contributed by atoms with Gasteiger partial charge in [0.15, 0.2) is 5.15 Å². The van der Waals surface area contributed by atoms with Crippen LogP contribution >= 0.6 is 11.6 Å². The minimum Gasteiger partial charge on any atom is -0.313 e. The highest BCUT2D eigenvalue weighted by Gasteiger charge is 2.12. The molecule has 20 heavy (non-hydrogen) atoms. The summed E-state index contributed by atoms with van der Waals surface area (Å²) in [4.78, 5) is 13.7. The van der Waals surface area contributed by atoms with Gasteiger partial charge in [0.1, 0.15) is 0 Å². The minimum absolute atomic E-state index is 0.104. The van der Waals surface area contributed by atoms with Crippen LogP contribution in [0.2, 0.25) is 5.15 Å². The number of anilines is 1. The number of aromatic nitrogens is 2. The third-order valence-corrected chi connectivity index (χ3v) is 3.21. The van der Waals surface area contributed by atoms with Crippen LogP contribution in [0.15, 0.2) is 36.4 Å². The van der Waals surface area contributed by atoms with Gasteiger partial charge in [0, 0.05) is 24.2 Å². The third kappa shape index (κ3) is 3.14. The van der Waals surface area contributed by atoms with E-state index in [-0.39, 0.29) is 5.91 Å². The Morgan fingerprint density at radius 3 is 2.60 bits per heavy atom. The van der Waals surface area contributed by atoms with Crippen LogP contribution < -0.4 is 4.90 Å². The van der Waals surface area contributed by atoms with Gasteiger partial charge < -0.3 is 4.90 Å². The Morgan fingerprint density at radius 2 is 2.00 bits per heavy atom. The van der Waals surface area contributed by atoms with Crippen LogP contribution in [-0.4, -0.2) is 22.6 Å². The SMILES string of the molecule is CCC(=O)N(CC)c1cccc(-c2ccc(Cl)nn2)c1. The number of rotatable bonds is 4. The zero-order valence-electron chi connectivity index (χ0n) is 11.5. The summed E-state index contributed by atoms with van der Waals surface area (Å²) in [7, 11) is 0. The lowest BCUT2D eigenvalue weighted by Gasteiger charge is -2.21. The Kier molecular flexibility index (Phi) is 4.69. The Balaban J connectivity index is 2.36. The number of nitrogens with zero attached hydrogens (tertiary/aromatic N) is 3. The molecule has 1 heterocycles. The lowest BCUT2D eigenvalue weighted by Crippen LogP contribution is -2.29. The highest BCUT2D eigenvalue weighted by molar-refractivity contribution is 6.29. The van der Waals surface area contributed by atoms with Gasteiger partial charge in [-0.2, -0.15) is 0 Å². The van der Waals surface area contributed by atoms with Crippen molar-refractivity contribution in [3.05, 3.63) is 41.6 Å². The van der Waals surface area contributed by atoms with Crippen molar-refractivity contribution >= 4 is 23.2 Å². The fourth-order valence-electron chi connectivity index (χ4n) is 2.00. The third-order valence-electron chi connectivity index (χ3n) is 3.01. The van der Waals surface area contributed by atoms with Crippen LogP contribution in [0.25, 0.3) is 11.3 Å². The fraction of sp³-hybridized carbons (Fsp3) is 0.267. The number of halogens is 1. The van der Waals surface area contributed by atoms with E-state index in [1.165, 1.54) is 0 Å². The van der Waals surface area contributed by atoms with Crippen LogP contribution in [-0.2, 0) is 4.79 Å². The molecule has 0 fully saturated rings. The molecule has 104 valence electrons. The van der Waals surface area contributed by atoms with Crippen LogP contribution in [0.4, 0.5) is 5.69 Å². The molecule has 0 unspecified atom stereocenters. The molecule has 1 aromatic heterocycles. The summed E-state index contributed by atoms with van der Waals surface area (Å²) in [5.74, 6) is 0.104. The molecule has 0 saturated carbocycles. The van der Waals surface area contributed by atoms with Crippen LogP contribution in [0.5, 0.6) is 0 Å². The van der Waals surface area contributed by atoms with Crippen LogP contribution in [0, 0.1) is 0 Å². The number of hydrogen-bond acceptors (Lipinski definition) is 3. The van der Waals surface area contributed by atoms with Gasteiger partial charge in [-0.1, -0.05) is 30.7 Å². The maximum atomic E-state index is 11.9. The maximum absolute atomic E-state index is 11.9. The molecule has 0 N–H and O–H groups in total. The molecule has 0 aliphatic carbocycles. The van der Waals surface area contributed by atoms with Crippen molar-refractivity contribution in [2.45, 2.75) is 20.3 Å². The molecule has 0 bridgehead atoms. The Bertz CT molecular complexity index is 598. The van der Waals surface area contributed by atoms with E-state index in [1.807, 2.05) is 44.2 Å². The topological polar surface area (TPSA) is 46.1 Å². The zero-order chi connectivity index (χ0) is 14.5. The van der Waals surface area contributed by atoms with E-state index in [9.17, 15) is 4.79 Å². The largest absolute Gasteiger partial charge is 0.313 e. The van der Waals surface area contributed by atoms with Gasteiger partial charge in [-0.25, -0.2) is 0 Å². The first-order chi connectivity index (χ1) is 9.65. The first-order valence-electron chi connectivity index (χ1n) is 6.55. The highest BCUT2D eigenvalue weighted by atomic mass is 35.5. The van der Waals surface area contributed by atoms with E-state index in [1.54, 1.807) is 11.0 Å². The van der Waals surface area contributed by atoms with Gasteiger partial charge in [-0.15, -0.1) is 10.2 Å². The van der Waals surface area contributed by atoms with E-state index >= 15 is 0 Å². The normalized spacial score (nSPS) is 10.3. The number of benzene rings is 1. The summed E-state index contributed by atoms with van der Waals surface area (Å²) in [5, 5.41) is 8.25. The molecule has 0 radical (unpaired) electrons. The number of carbonyl (C=O) groups excluding carboxylic acids is 1. The van der Waals surface area contributed by atoms with E-state index in [4.69, 9.17) is 11.6 Å². The van der Waals surface area contributed by atoms with Crippen molar-refractivity contribution in [2.75, 3.05) is 11.4 Å². The van der Waals surface area contributed by atoms with Crippen LogP contribution in [0.1, 0.15) is 20.3 Å². The van der Waals surface area contributed by atoms with E-state index < -0.39 is 0 Å². The number of carbonyl (C=O) groups is 1. The van der Waals surface area contributed by atoms with Crippen molar-refractivity contribution in [1.82, 2.24) is 10.2 Å². The molecular weight excluding hydrogens is 274 g/mol. The van der Waals surface area contributed by atoms with Gasteiger partial charge >= 0.3 is 0 Å². The molecular formula is C15H16ClN3O. The Labute approximate surface area is 123 Å². The van der Waals surface area contributed by atoms with Gasteiger partial charge in [-0.3, -0.25) is 4.79 Å². The predicted molar refractivity (Wildman–Crippen MR) is 80.8 cm³/mol. The summed E-state index contributed by atoms with van der Waals surface area (Å²) in [6.45, 7) is 4.46. The van der Waals surface area contributed by atoms with Crippen molar-refractivity contribution in [3.8, 4) is 11.3 Å². The van der Waals surface area contributed by atoms with Gasteiger partial charge in [0.2, 0.25) is 5.91 Å². The summed E-state index contributed by atoms with van der Waals surface area (Å²) < 4.78 is 0. The average Bonchev–Trinajstić information content (AvgIpc) is 2.49. The van der Waals surface area contributed by atoms with Crippen molar-refractivity contribution in [3.63, 3.8) is 0 Å². The molecule has 0 aliphatic heterocycles. The molecule has 2 aromatic rings. The van der Waals surface area contributed by atoms with Crippen LogP contribution in [0.3, 0.4) is 0 Å². The molecule has 2 rings (SSSR count). The summed E-state index contributed by atoms with van der Waals surface area (Å²) in [6, 6.07) is 11.2. The maximum Gasteiger partial charge on any atom is 0.226 e. The molecule has 0 saturated heterocycles. The molecule has 5 heteroatoms. The van der Waals surface area contributed by atoms with Gasteiger partial charge in [0.05, 0.1) is 5.69 Å². The molecule has 1 amide bonds. The first-order valence-corrected chi connectivity index (χ1v) is 6.93. The lowest BCUT2D eigenvalue weighted by molar-refractivity contribution is -0.118. The summed E-state index contributed by atoms with van der Waals surface area (Å²) >= 11 is 5.74. The minimum atomic E-state index is 0.104. The van der Waals surface area contributed by atoms with Crippen molar-refractivity contribution in [1.29, 1.82) is 0 Å². The van der Waals surface area contributed by atoms with Crippen molar-refractivity contribution in [2.24, 2.45) is 0 Å². The standard InChI is InChI=1S/C15H16ClN3O/c1-3-15(20)19(4-2)12-7-5-6-11(10-12)13-8-9-14(16)18-17-13/h5-10H,3-4H2,1-2H3. The average molecular weight is 290 g/mol. The lowest BCUT2D eigenvalue weighted by atomic mass is 10.1. The monoisotopic (exact) mass is 289 g/mol. The smallest absolute Gasteiger partial charge is 0.226 e. The van der Waals surface area contributed by atoms with Gasteiger partial charge in [0.25, 0.3) is 0 Å². The molecule has 4 nitrogen and oxygen atoms in total. The Morgan fingerprint density at radius 1 is 1.20 bits per heavy atom. The highest BCUT2D eigenvalue weighted by Crippen LogP contribution is 2.24. The zero-order valence-corrected chi connectivity index (χ0v) is 12.3. The fourth-order valence-corrected chi connectivity index (χ4v) is 2.10. The summed E-state index contributed by atoms with van der Waals surface area (Å²) in [5.41, 5.74) is 2.51. The predicted octanol–water partition coefficient (Wildman–Crippen LogP) is 3.56. The Hall–Kier alpha value is -1.94. The molecule has 0 aliphatic rings. The second-order valence-corrected chi connectivity index (χ2v) is 4.67. The van der Waals surface area contributed by atoms with E-state index in [2.05, 4.69) is 10.2 Å². The molecule has 1 aromatic carbocycles. The molecule has 0 spiro atoms. The number of amides is 1. The van der Waals surface area contributed by atoms with E-state index in [0.29, 0.717) is 18.1 Å². The van der Waals surface area contributed by atoms with E-state index in [0.717, 1.165) is 16.9 Å². The molecule has 0 atom stereocenters. The van der Waals surface area contributed by atoms with Crippen molar-refractivity contribution < 1.29 is 4.79 Å². The first kappa shape index (κ1) is 14.5. The quantitative estimate of drug-likeness (QED) is 0.864. The number of hydrogen-bond donors (Lipinski definition) is 0. The van der Waals surface area contributed by atoms with Gasteiger partial charge in [-0.05, 0) is 31.2 Å². The second-order valence-electron chi connectivity index (χ2n) is 4.28. The second kappa shape index (κ2) is 6.48.